The monoisotopic (exact) mass is 416 g/mol. The molecule has 0 unspecified atom stereocenters. The summed E-state index contributed by atoms with van der Waals surface area (Å²) in [6.07, 6.45) is 3.10. The zero-order valence-electron chi connectivity index (χ0n) is 15.6. The quantitative estimate of drug-likeness (QED) is 0.693. The molecule has 1 aliphatic rings. The lowest BCUT2D eigenvalue weighted by molar-refractivity contribution is -0.125. The van der Waals surface area contributed by atoms with Crippen molar-refractivity contribution in [3.05, 3.63) is 28.8 Å². The molecule has 0 radical (unpaired) electrons. The summed E-state index contributed by atoms with van der Waals surface area (Å²) >= 11 is 5.97. The topological polar surface area (TPSA) is 102 Å². The van der Waals surface area contributed by atoms with Gasteiger partial charge in [-0.2, -0.15) is 0 Å². The first-order chi connectivity index (χ1) is 12.7. The molecule has 3 atom stereocenters. The highest BCUT2D eigenvalue weighted by Gasteiger charge is 2.28. The molecule has 0 aliphatic heterocycles. The first-order valence-corrected chi connectivity index (χ1v) is 10.7. The molecule has 0 heterocycles. The van der Waals surface area contributed by atoms with Crippen molar-refractivity contribution >= 4 is 33.5 Å². The van der Waals surface area contributed by atoms with Crippen molar-refractivity contribution in [2.24, 2.45) is 11.8 Å². The van der Waals surface area contributed by atoms with E-state index in [0.717, 1.165) is 25.3 Å². The van der Waals surface area contributed by atoms with E-state index in [0.29, 0.717) is 11.8 Å². The third-order valence-corrected chi connectivity index (χ3v) is 6.87. The van der Waals surface area contributed by atoms with Crippen LogP contribution in [0.25, 0.3) is 0 Å². The van der Waals surface area contributed by atoms with E-state index in [9.17, 15) is 18.0 Å². The van der Waals surface area contributed by atoms with E-state index in [1.54, 1.807) is 0 Å². The predicted octanol–water partition coefficient (Wildman–Crippen LogP) is 2.35. The summed E-state index contributed by atoms with van der Waals surface area (Å²) in [7, 11) is -2.47. The number of benzene rings is 1. The molecule has 9 heteroatoms. The average molecular weight is 417 g/mol. The minimum absolute atomic E-state index is 0.0465. The molecule has 0 spiro atoms. The number of amides is 1. The molecule has 2 rings (SSSR count). The van der Waals surface area contributed by atoms with Gasteiger partial charge in [-0.15, -0.1) is 0 Å². The van der Waals surface area contributed by atoms with Crippen molar-refractivity contribution in [3.63, 3.8) is 0 Å². The minimum atomic E-state index is -3.73. The molecule has 0 bridgehead atoms. The Balaban J connectivity index is 1.99. The van der Waals surface area contributed by atoms with Crippen molar-refractivity contribution in [2.75, 3.05) is 13.7 Å². The first-order valence-electron chi connectivity index (χ1n) is 8.85. The summed E-state index contributed by atoms with van der Waals surface area (Å²) in [5, 5.41) is 2.96. The van der Waals surface area contributed by atoms with Crippen LogP contribution in [-0.2, 0) is 19.6 Å². The molecule has 1 aliphatic carbocycles. The van der Waals surface area contributed by atoms with E-state index >= 15 is 0 Å². The number of nitrogens with one attached hydrogen (secondary N) is 2. The van der Waals surface area contributed by atoms with Crippen LogP contribution in [0.1, 0.15) is 43.5 Å². The Bertz CT molecular complexity index is 812. The van der Waals surface area contributed by atoms with Crippen molar-refractivity contribution in [1.29, 1.82) is 0 Å². The number of carbonyl (C=O) groups is 2. The third kappa shape index (κ3) is 5.43. The molecule has 0 aromatic heterocycles. The van der Waals surface area contributed by atoms with Crippen LogP contribution >= 0.6 is 11.6 Å². The molecule has 0 saturated heterocycles. The summed E-state index contributed by atoms with van der Waals surface area (Å²) in [5.41, 5.74) is -0.111. The fourth-order valence-electron chi connectivity index (χ4n) is 3.19. The Morgan fingerprint density at radius 3 is 2.63 bits per heavy atom. The lowest BCUT2D eigenvalue weighted by Crippen LogP contribution is -2.45. The predicted molar refractivity (Wildman–Crippen MR) is 102 cm³/mol. The third-order valence-electron chi connectivity index (χ3n) is 5.12. The Morgan fingerprint density at radius 1 is 1.26 bits per heavy atom. The van der Waals surface area contributed by atoms with Crippen molar-refractivity contribution in [1.82, 2.24) is 10.0 Å². The van der Waals surface area contributed by atoms with Gasteiger partial charge in [0.1, 0.15) is 0 Å². The number of ether oxygens (including phenoxy) is 1. The molecule has 1 fully saturated rings. The fraction of sp³-hybridized carbons (Fsp3) is 0.556. The molecule has 1 aromatic carbocycles. The smallest absolute Gasteiger partial charge is 0.340 e. The molecule has 150 valence electrons. The Kier molecular flexibility index (Phi) is 7.25. The summed E-state index contributed by atoms with van der Waals surface area (Å²) in [6, 6.07) is 3.77. The van der Waals surface area contributed by atoms with Gasteiger partial charge < -0.3 is 10.1 Å². The minimum Gasteiger partial charge on any atom is -0.452 e. The van der Waals surface area contributed by atoms with Crippen LogP contribution in [0.15, 0.2) is 23.1 Å². The van der Waals surface area contributed by atoms with Crippen LogP contribution in [0.5, 0.6) is 0 Å². The van der Waals surface area contributed by atoms with Gasteiger partial charge in [-0.3, -0.25) is 4.79 Å². The van der Waals surface area contributed by atoms with Crippen molar-refractivity contribution < 1.29 is 22.7 Å². The number of carbonyl (C=O) groups excluding carboxylic acids is 2. The largest absolute Gasteiger partial charge is 0.452 e. The van der Waals surface area contributed by atoms with Gasteiger partial charge >= 0.3 is 5.97 Å². The molecule has 2 N–H and O–H groups in total. The number of rotatable bonds is 6. The first kappa shape index (κ1) is 21.7. The second-order valence-corrected chi connectivity index (χ2v) is 9.16. The van der Waals surface area contributed by atoms with Crippen LogP contribution in [-0.4, -0.2) is 40.0 Å². The van der Waals surface area contributed by atoms with Crippen molar-refractivity contribution in [2.45, 2.75) is 44.0 Å². The molecule has 1 amide bonds. The van der Waals surface area contributed by atoms with Crippen LogP contribution < -0.4 is 10.0 Å². The van der Waals surface area contributed by atoms with Crippen LogP contribution in [0.4, 0.5) is 0 Å². The highest BCUT2D eigenvalue weighted by Crippen LogP contribution is 2.29. The molecule has 1 aromatic rings. The van der Waals surface area contributed by atoms with E-state index in [-0.39, 0.29) is 27.4 Å². The van der Waals surface area contributed by atoms with Crippen LogP contribution in [0, 0.1) is 11.8 Å². The number of sulfonamides is 1. The summed E-state index contributed by atoms with van der Waals surface area (Å²) < 4.78 is 30.9. The van der Waals surface area contributed by atoms with Gasteiger partial charge in [0.15, 0.2) is 6.61 Å². The highest BCUT2D eigenvalue weighted by atomic mass is 35.5. The summed E-state index contributed by atoms with van der Waals surface area (Å²) in [6.45, 7) is 3.82. The molecule has 1 saturated carbocycles. The average Bonchev–Trinajstić information content (AvgIpc) is 2.63. The molecular weight excluding hydrogens is 392 g/mol. The number of hydrogen-bond acceptors (Lipinski definition) is 5. The van der Waals surface area contributed by atoms with Gasteiger partial charge in [0.2, 0.25) is 10.0 Å². The molecule has 7 nitrogen and oxygen atoms in total. The second kappa shape index (κ2) is 9.03. The van der Waals surface area contributed by atoms with E-state index in [1.165, 1.54) is 19.2 Å². The highest BCUT2D eigenvalue weighted by molar-refractivity contribution is 7.89. The number of esters is 1. The maximum absolute atomic E-state index is 12.2. The Hall–Kier alpha value is -1.64. The Labute approximate surface area is 164 Å². The molecule has 27 heavy (non-hydrogen) atoms. The lowest BCUT2D eigenvalue weighted by atomic mass is 9.78. The zero-order chi connectivity index (χ0) is 20.2. The Morgan fingerprint density at radius 2 is 1.96 bits per heavy atom. The zero-order valence-corrected chi connectivity index (χ0v) is 17.2. The maximum Gasteiger partial charge on any atom is 0.340 e. The SMILES string of the molecule is CNS(=O)(=O)c1ccc(Cl)c(C(=O)OCC(=O)N[C@H]2CCC[C@H](C)[C@H]2C)c1. The maximum atomic E-state index is 12.2. The van der Waals surface area contributed by atoms with E-state index in [4.69, 9.17) is 16.3 Å². The fourth-order valence-corrected chi connectivity index (χ4v) is 4.14. The van der Waals surface area contributed by atoms with Gasteiger partial charge in [0.05, 0.1) is 15.5 Å². The van der Waals surface area contributed by atoms with E-state index in [1.807, 2.05) is 0 Å². The van der Waals surface area contributed by atoms with Gasteiger partial charge in [-0.05, 0) is 43.5 Å². The number of hydrogen-bond donors (Lipinski definition) is 2. The van der Waals surface area contributed by atoms with Crippen molar-refractivity contribution in [3.8, 4) is 0 Å². The van der Waals surface area contributed by atoms with Gasteiger partial charge in [-0.25, -0.2) is 17.9 Å². The normalized spacial score (nSPS) is 22.9. The standard InChI is InChI=1S/C18H25ClN2O5S/c1-11-5-4-6-16(12(11)2)21-17(22)10-26-18(23)14-9-13(7-8-15(14)19)27(24,25)20-3/h7-9,11-12,16,20H,4-6,10H2,1-3H3,(H,21,22)/t11-,12+,16-/m0/s1. The van der Waals surface area contributed by atoms with E-state index < -0.39 is 22.6 Å². The van der Waals surface area contributed by atoms with Crippen LogP contribution in [0.3, 0.4) is 0 Å². The lowest BCUT2D eigenvalue weighted by Gasteiger charge is -2.34. The van der Waals surface area contributed by atoms with Gasteiger partial charge in [0, 0.05) is 6.04 Å². The van der Waals surface area contributed by atoms with E-state index in [2.05, 4.69) is 23.9 Å². The summed E-state index contributed by atoms with van der Waals surface area (Å²) in [4.78, 5) is 24.3. The van der Waals surface area contributed by atoms with Gasteiger partial charge in [-0.1, -0.05) is 38.3 Å². The van der Waals surface area contributed by atoms with Gasteiger partial charge in [0.25, 0.3) is 5.91 Å². The number of halogens is 1. The second-order valence-electron chi connectivity index (χ2n) is 6.87. The van der Waals surface area contributed by atoms with Crippen LogP contribution in [0.2, 0.25) is 5.02 Å². The summed E-state index contributed by atoms with van der Waals surface area (Å²) in [5.74, 6) is -0.351. The molecular formula is C18H25ClN2O5S.